The van der Waals surface area contributed by atoms with Gasteiger partial charge in [-0.3, -0.25) is 4.79 Å². The zero-order valence-electron chi connectivity index (χ0n) is 15.6. The minimum absolute atomic E-state index is 0. The number of hydrogen-bond donors (Lipinski definition) is 2. The first-order valence-corrected chi connectivity index (χ1v) is 9.71. The molecule has 5 rings (SSSR count). The molecule has 156 valence electrons. The number of aromatic carboxylic acids is 1. The van der Waals surface area contributed by atoms with Crippen LogP contribution in [0.4, 0.5) is 14.5 Å². The number of rotatable bonds is 3. The third-order valence-electron chi connectivity index (χ3n) is 6.38. The molecule has 6 nitrogen and oxygen atoms in total. The van der Waals surface area contributed by atoms with Gasteiger partial charge in [-0.05, 0) is 44.6 Å². The fourth-order valence-corrected chi connectivity index (χ4v) is 5.05. The molecule has 1 unspecified atom stereocenters. The summed E-state index contributed by atoms with van der Waals surface area (Å²) in [5.41, 5.74) is 4.66. The van der Waals surface area contributed by atoms with Gasteiger partial charge in [-0.25, -0.2) is 13.6 Å². The van der Waals surface area contributed by atoms with E-state index in [0.29, 0.717) is 12.8 Å². The van der Waals surface area contributed by atoms with Crippen molar-refractivity contribution in [3.05, 3.63) is 39.7 Å². The molecule has 2 bridgehead atoms. The fraction of sp³-hybridized carbons (Fsp3) is 0.500. The maximum absolute atomic E-state index is 15.7. The van der Waals surface area contributed by atoms with Crippen molar-refractivity contribution in [1.82, 2.24) is 4.57 Å². The molecule has 1 aromatic carbocycles. The Morgan fingerprint density at radius 2 is 1.69 bits per heavy atom. The van der Waals surface area contributed by atoms with Gasteiger partial charge < -0.3 is 20.3 Å². The maximum atomic E-state index is 15.7. The Labute approximate surface area is 171 Å². The third-order valence-corrected chi connectivity index (χ3v) is 6.38. The summed E-state index contributed by atoms with van der Waals surface area (Å²) in [6.45, 7) is 0. The first kappa shape index (κ1) is 20.1. The van der Waals surface area contributed by atoms with Gasteiger partial charge in [0.1, 0.15) is 17.1 Å². The lowest BCUT2D eigenvalue weighted by Gasteiger charge is -2.39. The van der Waals surface area contributed by atoms with E-state index in [-0.39, 0.29) is 53.2 Å². The van der Waals surface area contributed by atoms with Crippen molar-refractivity contribution in [1.29, 1.82) is 0 Å². The van der Waals surface area contributed by atoms with Crippen LogP contribution in [0.1, 0.15) is 54.9 Å². The summed E-state index contributed by atoms with van der Waals surface area (Å²) in [4.78, 5) is 25.8. The second-order valence-corrected chi connectivity index (χ2v) is 8.26. The van der Waals surface area contributed by atoms with Crippen LogP contribution in [-0.2, 0) is 0 Å². The predicted octanol–water partition coefficient (Wildman–Crippen LogP) is 3.19. The number of nitrogens with zero attached hydrogens (tertiary/aromatic N) is 2. The summed E-state index contributed by atoms with van der Waals surface area (Å²) in [5, 5.41) is 9.11. The van der Waals surface area contributed by atoms with Gasteiger partial charge in [0.25, 0.3) is 0 Å². The van der Waals surface area contributed by atoms with Crippen LogP contribution in [0.25, 0.3) is 10.9 Å². The molecule has 2 aliphatic heterocycles. The number of fused-ring (bicyclic) bond motifs is 3. The van der Waals surface area contributed by atoms with Crippen LogP contribution < -0.4 is 16.1 Å². The molecule has 3 fully saturated rings. The lowest BCUT2D eigenvalue weighted by Crippen LogP contribution is -2.48. The van der Waals surface area contributed by atoms with Gasteiger partial charge in [0.2, 0.25) is 5.43 Å². The Bertz CT molecular complexity index is 1060. The van der Waals surface area contributed by atoms with Crippen LogP contribution in [0.3, 0.4) is 0 Å². The first-order chi connectivity index (χ1) is 13.4. The van der Waals surface area contributed by atoms with E-state index >= 15 is 8.78 Å². The summed E-state index contributed by atoms with van der Waals surface area (Å²) in [6.07, 6.45) is 5.78. The minimum Gasteiger partial charge on any atom is -0.477 e. The van der Waals surface area contributed by atoms with E-state index in [0.717, 1.165) is 31.7 Å². The van der Waals surface area contributed by atoms with Crippen molar-refractivity contribution < 1.29 is 18.7 Å². The molecule has 2 saturated heterocycles. The average molecular weight is 426 g/mol. The van der Waals surface area contributed by atoms with Crippen molar-refractivity contribution in [2.45, 2.75) is 62.7 Å². The van der Waals surface area contributed by atoms with E-state index in [1.54, 1.807) is 4.90 Å². The molecular formula is C20H22ClF2N3O3. The Balaban J connectivity index is 0.00000205. The number of halogens is 3. The Kier molecular flexibility index (Phi) is 4.82. The second-order valence-electron chi connectivity index (χ2n) is 8.26. The van der Waals surface area contributed by atoms with Crippen molar-refractivity contribution in [3.8, 4) is 0 Å². The lowest BCUT2D eigenvalue weighted by atomic mass is 9.96. The molecule has 3 atom stereocenters. The molecule has 2 aromatic rings. The Hall–Kier alpha value is -2.19. The predicted molar refractivity (Wildman–Crippen MR) is 107 cm³/mol. The van der Waals surface area contributed by atoms with Gasteiger partial charge in [-0.1, -0.05) is 0 Å². The average Bonchev–Trinajstić information content (AvgIpc) is 3.43. The van der Waals surface area contributed by atoms with E-state index in [1.165, 1.54) is 10.8 Å². The van der Waals surface area contributed by atoms with Crippen LogP contribution in [0.2, 0.25) is 0 Å². The number of benzene rings is 1. The fourth-order valence-electron chi connectivity index (χ4n) is 5.05. The highest BCUT2D eigenvalue weighted by Crippen LogP contribution is 2.44. The lowest BCUT2D eigenvalue weighted by molar-refractivity contribution is 0.0695. The monoisotopic (exact) mass is 425 g/mol. The van der Waals surface area contributed by atoms with Crippen LogP contribution >= 0.6 is 12.4 Å². The molecule has 3 aliphatic rings. The Morgan fingerprint density at radius 3 is 2.24 bits per heavy atom. The molecule has 29 heavy (non-hydrogen) atoms. The third kappa shape index (κ3) is 3.00. The normalized spacial score (nSPS) is 25.9. The van der Waals surface area contributed by atoms with Crippen LogP contribution in [-0.4, -0.2) is 33.8 Å². The number of carbonyl (C=O) groups is 1. The van der Waals surface area contributed by atoms with Gasteiger partial charge in [0, 0.05) is 30.4 Å². The zero-order chi connectivity index (χ0) is 19.7. The standard InChI is InChI=1S/C20H21F2N3O3.ClH/c21-15-7-13-17(24(10-1-2-10)8-14(19(13)26)20(27)28)16(22)18(15)25-11-3-4-12(25)6-9(23)5-11;/h7-12H,1-6,23H2,(H,27,28);1H/t9?,11-,12+;. The molecule has 1 aliphatic carbocycles. The van der Waals surface area contributed by atoms with E-state index in [1.807, 2.05) is 0 Å². The van der Waals surface area contributed by atoms with Gasteiger partial charge in [0.15, 0.2) is 5.82 Å². The summed E-state index contributed by atoms with van der Waals surface area (Å²) >= 11 is 0. The van der Waals surface area contributed by atoms with E-state index < -0.39 is 28.6 Å². The van der Waals surface area contributed by atoms with Gasteiger partial charge >= 0.3 is 5.97 Å². The molecular weight excluding hydrogens is 404 g/mol. The number of anilines is 1. The van der Waals surface area contributed by atoms with Gasteiger partial charge in [-0.2, -0.15) is 0 Å². The van der Waals surface area contributed by atoms with Crippen LogP contribution in [0.5, 0.6) is 0 Å². The Morgan fingerprint density at radius 1 is 1.10 bits per heavy atom. The van der Waals surface area contributed by atoms with Gasteiger partial charge in [-0.15, -0.1) is 12.4 Å². The number of piperidine rings is 1. The zero-order valence-corrected chi connectivity index (χ0v) is 16.4. The molecule has 1 saturated carbocycles. The number of nitrogens with two attached hydrogens (primary N) is 1. The number of carboxylic acids is 1. The van der Waals surface area contributed by atoms with Gasteiger partial charge in [0.05, 0.1) is 10.9 Å². The molecule has 0 amide bonds. The number of pyridine rings is 1. The highest BCUT2D eigenvalue weighted by molar-refractivity contribution is 5.94. The maximum Gasteiger partial charge on any atom is 0.341 e. The highest BCUT2D eigenvalue weighted by atomic mass is 35.5. The second kappa shape index (κ2) is 6.95. The summed E-state index contributed by atoms with van der Waals surface area (Å²) in [5.74, 6) is -2.99. The molecule has 3 heterocycles. The van der Waals surface area contributed by atoms with Crippen molar-refractivity contribution in [2.75, 3.05) is 4.90 Å². The van der Waals surface area contributed by atoms with Crippen molar-refractivity contribution >= 4 is 35.0 Å². The van der Waals surface area contributed by atoms with E-state index in [9.17, 15) is 14.7 Å². The molecule has 0 radical (unpaired) electrons. The topological polar surface area (TPSA) is 88.6 Å². The minimum atomic E-state index is -1.39. The van der Waals surface area contributed by atoms with E-state index in [4.69, 9.17) is 5.73 Å². The quantitative estimate of drug-likeness (QED) is 0.788. The molecule has 1 aromatic heterocycles. The molecule has 9 heteroatoms. The first-order valence-electron chi connectivity index (χ1n) is 9.71. The largest absolute Gasteiger partial charge is 0.477 e. The number of hydrogen-bond acceptors (Lipinski definition) is 4. The summed E-state index contributed by atoms with van der Waals surface area (Å²) < 4.78 is 32.3. The SMILES string of the molecule is Cl.NC1C[C@H]2CC[C@@H](C1)N2c1c(F)cc2c(=O)c(C(=O)O)cn(C3CC3)c2c1F. The van der Waals surface area contributed by atoms with Crippen molar-refractivity contribution in [2.24, 2.45) is 5.73 Å². The molecule has 3 N–H and O–H groups in total. The van der Waals surface area contributed by atoms with Crippen LogP contribution in [0.15, 0.2) is 17.1 Å². The van der Waals surface area contributed by atoms with E-state index in [2.05, 4.69) is 0 Å². The number of aromatic nitrogens is 1. The summed E-state index contributed by atoms with van der Waals surface area (Å²) in [7, 11) is 0. The molecule has 0 spiro atoms. The van der Waals surface area contributed by atoms with Crippen molar-refractivity contribution in [3.63, 3.8) is 0 Å². The highest BCUT2D eigenvalue weighted by Gasteiger charge is 2.42. The summed E-state index contributed by atoms with van der Waals surface area (Å²) in [6, 6.07) is 0.933. The smallest absolute Gasteiger partial charge is 0.341 e. The number of carboxylic acid groups (broad SMARTS) is 1. The van der Waals surface area contributed by atoms with Crippen LogP contribution in [0, 0.1) is 11.6 Å².